The molecule has 0 spiro atoms. The van der Waals surface area contributed by atoms with Gasteiger partial charge in [-0.15, -0.1) is 0 Å². The molecule has 0 aliphatic heterocycles. The van der Waals surface area contributed by atoms with E-state index in [0.29, 0.717) is 13.0 Å². The van der Waals surface area contributed by atoms with Crippen molar-refractivity contribution >= 4 is 5.97 Å². The number of carbonyl (C=O) groups is 1. The highest BCUT2D eigenvalue weighted by Gasteiger charge is 2.24. The van der Waals surface area contributed by atoms with Crippen LogP contribution in [0.1, 0.15) is 75.3 Å². The number of rotatable bonds is 13. The lowest BCUT2D eigenvalue weighted by Crippen LogP contribution is -2.05. The topological polar surface area (TPSA) is 35.5 Å². The van der Waals surface area contributed by atoms with Crippen molar-refractivity contribution < 1.29 is 14.3 Å². The minimum atomic E-state index is -0.0774. The van der Waals surface area contributed by atoms with Gasteiger partial charge in [0.15, 0.2) is 0 Å². The molecule has 0 heterocycles. The standard InChI is InChI=1S/C25H38O3/c1-27-20-22-13-9-12-21(19-22)11-7-8-15-24-17-10-16-23(24)14-5-3-4-6-18-25(26)28-2/h8-9,12-13,15,19,23-24H,3-7,10-11,14,16-18,20H2,1-2H3/b15-8+/t23-,24?/m0/s1. The molecular formula is C25H38O3. The van der Waals surface area contributed by atoms with Crippen molar-refractivity contribution in [3.63, 3.8) is 0 Å². The summed E-state index contributed by atoms with van der Waals surface area (Å²) in [5.41, 5.74) is 2.65. The summed E-state index contributed by atoms with van der Waals surface area (Å²) in [5, 5.41) is 0. The molecule has 28 heavy (non-hydrogen) atoms. The lowest BCUT2D eigenvalue weighted by molar-refractivity contribution is -0.140. The van der Waals surface area contributed by atoms with E-state index >= 15 is 0 Å². The van der Waals surface area contributed by atoms with Gasteiger partial charge in [0.25, 0.3) is 0 Å². The predicted molar refractivity (Wildman–Crippen MR) is 115 cm³/mol. The normalized spacial score (nSPS) is 19.4. The monoisotopic (exact) mass is 386 g/mol. The van der Waals surface area contributed by atoms with Crippen LogP contribution in [0.2, 0.25) is 0 Å². The second kappa shape index (κ2) is 13.5. The highest BCUT2D eigenvalue weighted by atomic mass is 16.5. The molecule has 1 aromatic carbocycles. The van der Waals surface area contributed by atoms with Crippen molar-refractivity contribution in [2.45, 2.75) is 77.2 Å². The number of esters is 1. The number of benzene rings is 1. The van der Waals surface area contributed by atoms with Crippen LogP contribution in [0.3, 0.4) is 0 Å². The summed E-state index contributed by atoms with van der Waals surface area (Å²) in [5.74, 6) is 1.56. The molecule has 1 aliphatic rings. The van der Waals surface area contributed by atoms with Gasteiger partial charge in [-0.3, -0.25) is 4.79 Å². The average Bonchev–Trinajstić information content (AvgIpc) is 3.15. The Morgan fingerprint density at radius 1 is 1.11 bits per heavy atom. The summed E-state index contributed by atoms with van der Waals surface area (Å²) in [7, 11) is 3.21. The second-order valence-corrected chi connectivity index (χ2v) is 8.10. The van der Waals surface area contributed by atoms with Crippen LogP contribution < -0.4 is 0 Å². The Bertz CT molecular complexity index is 593. The van der Waals surface area contributed by atoms with Gasteiger partial charge in [0, 0.05) is 13.5 Å². The van der Waals surface area contributed by atoms with Gasteiger partial charge in [-0.1, -0.05) is 62.1 Å². The van der Waals surface area contributed by atoms with Gasteiger partial charge >= 0.3 is 5.97 Å². The number of ether oxygens (including phenoxy) is 2. The number of aryl methyl sites for hydroxylation is 1. The maximum absolute atomic E-state index is 11.1. The smallest absolute Gasteiger partial charge is 0.305 e. The Labute approximate surface area is 171 Å². The molecule has 1 saturated carbocycles. The molecule has 2 atom stereocenters. The zero-order valence-corrected chi connectivity index (χ0v) is 17.8. The fraction of sp³-hybridized carbons (Fsp3) is 0.640. The van der Waals surface area contributed by atoms with Crippen LogP contribution in [0.4, 0.5) is 0 Å². The van der Waals surface area contributed by atoms with Crippen molar-refractivity contribution in [1.29, 1.82) is 0 Å². The molecule has 2 rings (SSSR count). The van der Waals surface area contributed by atoms with E-state index in [0.717, 1.165) is 37.5 Å². The largest absolute Gasteiger partial charge is 0.469 e. The SMILES string of the molecule is COCc1cccc(CC/C=C/C2CCC[C@@H]2CCCCCCC(=O)OC)c1. The van der Waals surface area contributed by atoms with E-state index in [-0.39, 0.29) is 5.97 Å². The molecule has 0 saturated heterocycles. The number of hydrogen-bond acceptors (Lipinski definition) is 3. The first-order valence-electron chi connectivity index (χ1n) is 11.0. The van der Waals surface area contributed by atoms with Crippen molar-refractivity contribution in [3.05, 3.63) is 47.5 Å². The Kier molecular flexibility index (Phi) is 11.0. The maximum Gasteiger partial charge on any atom is 0.305 e. The third-order valence-corrected chi connectivity index (χ3v) is 5.94. The summed E-state index contributed by atoms with van der Waals surface area (Å²) in [6.07, 6.45) is 17.8. The summed E-state index contributed by atoms with van der Waals surface area (Å²) in [6.45, 7) is 0.691. The Balaban J connectivity index is 1.63. The Hall–Kier alpha value is -1.61. The number of carbonyl (C=O) groups excluding carboxylic acids is 1. The lowest BCUT2D eigenvalue weighted by Gasteiger charge is -2.16. The molecule has 1 aliphatic carbocycles. The maximum atomic E-state index is 11.1. The Morgan fingerprint density at radius 3 is 2.75 bits per heavy atom. The molecule has 0 radical (unpaired) electrons. The zero-order chi connectivity index (χ0) is 20.0. The number of methoxy groups -OCH3 is 2. The molecule has 1 unspecified atom stereocenters. The van der Waals surface area contributed by atoms with Crippen molar-refractivity contribution in [3.8, 4) is 0 Å². The van der Waals surface area contributed by atoms with Crippen LogP contribution in [0.15, 0.2) is 36.4 Å². The molecule has 0 aromatic heterocycles. The van der Waals surface area contributed by atoms with E-state index in [1.807, 2.05) is 0 Å². The van der Waals surface area contributed by atoms with Crippen LogP contribution >= 0.6 is 0 Å². The second-order valence-electron chi connectivity index (χ2n) is 8.10. The van der Waals surface area contributed by atoms with Crippen molar-refractivity contribution in [2.24, 2.45) is 11.8 Å². The molecule has 0 N–H and O–H groups in total. The van der Waals surface area contributed by atoms with Gasteiger partial charge in [-0.05, 0) is 61.5 Å². The third-order valence-electron chi connectivity index (χ3n) is 5.94. The molecule has 3 nitrogen and oxygen atoms in total. The summed E-state index contributed by atoms with van der Waals surface area (Å²) < 4.78 is 9.91. The van der Waals surface area contributed by atoms with E-state index in [1.165, 1.54) is 56.8 Å². The van der Waals surface area contributed by atoms with Gasteiger partial charge in [-0.25, -0.2) is 0 Å². The van der Waals surface area contributed by atoms with Crippen LogP contribution in [0.5, 0.6) is 0 Å². The molecule has 3 heteroatoms. The highest BCUT2D eigenvalue weighted by molar-refractivity contribution is 5.68. The molecule has 1 fully saturated rings. The van der Waals surface area contributed by atoms with Gasteiger partial charge in [-0.2, -0.15) is 0 Å². The quantitative estimate of drug-likeness (QED) is 0.228. The number of hydrogen-bond donors (Lipinski definition) is 0. The fourth-order valence-corrected chi connectivity index (χ4v) is 4.37. The predicted octanol–water partition coefficient (Wildman–Crippen LogP) is 6.25. The zero-order valence-electron chi connectivity index (χ0n) is 17.8. The van der Waals surface area contributed by atoms with E-state index in [1.54, 1.807) is 7.11 Å². The summed E-state index contributed by atoms with van der Waals surface area (Å²) in [4.78, 5) is 11.1. The first-order valence-corrected chi connectivity index (χ1v) is 11.0. The highest BCUT2D eigenvalue weighted by Crippen LogP contribution is 2.36. The fourth-order valence-electron chi connectivity index (χ4n) is 4.37. The van der Waals surface area contributed by atoms with Crippen LogP contribution in [0, 0.1) is 11.8 Å². The van der Waals surface area contributed by atoms with Gasteiger partial charge in [0.2, 0.25) is 0 Å². The van der Waals surface area contributed by atoms with E-state index in [4.69, 9.17) is 9.47 Å². The van der Waals surface area contributed by atoms with Crippen LogP contribution in [-0.4, -0.2) is 20.2 Å². The molecule has 156 valence electrons. The van der Waals surface area contributed by atoms with Gasteiger partial charge < -0.3 is 9.47 Å². The van der Waals surface area contributed by atoms with Crippen LogP contribution in [-0.2, 0) is 27.3 Å². The molecule has 0 amide bonds. The van der Waals surface area contributed by atoms with E-state index < -0.39 is 0 Å². The average molecular weight is 387 g/mol. The molecule has 0 bridgehead atoms. The van der Waals surface area contributed by atoms with Crippen molar-refractivity contribution in [1.82, 2.24) is 0 Å². The van der Waals surface area contributed by atoms with Crippen LogP contribution in [0.25, 0.3) is 0 Å². The number of allylic oxidation sites excluding steroid dienone is 2. The third kappa shape index (κ3) is 8.60. The van der Waals surface area contributed by atoms with E-state index in [9.17, 15) is 4.79 Å². The van der Waals surface area contributed by atoms with E-state index in [2.05, 4.69) is 36.4 Å². The first kappa shape index (κ1) is 22.7. The summed E-state index contributed by atoms with van der Waals surface area (Å²) in [6, 6.07) is 8.73. The minimum Gasteiger partial charge on any atom is -0.469 e. The molecular weight excluding hydrogens is 348 g/mol. The first-order chi connectivity index (χ1) is 13.7. The van der Waals surface area contributed by atoms with Gasteiger partial charge in [0.1, 0.15) is 0 Å². The molecule has 1 aromatic rings. The minimum absolute atomic E-state index is 0.0774. The lowest BCUT2D eigenvalue weighted by atomic mass is 9.90. The summed E-state index contributed by atoms with van der Waals surface area (Å²) >= 11 is 0. The number of unbranched alkanes of at least 4 members (excludes halogenated alkanes) is 3. The Morgan fingerprint density at radius 2 is 1.93 bits per heavy atom. The van der Waals surface area contributed by atoms with Crippen molar-refractivity contribution in [2.75, 3.05) is 14.2 Å². The van der Waals surface area contributed by atoms with Gasteiger partial charge in [0.05, 0.1) is 13.7 Å².